The monoisotopic (exact) mass is 253 g/mol. The summed E-state index contributed by atoms with van der Waals surface area (Å²) in [5.74, 6) is 2.12. The van der Waals surface area contributed by atoms with E-state index in [1.807, 2.05) is 12.1 Å². The van der Waals surface area contributed by atoms with Crippen LogP contribution in [0, 0.1) is 0 Å². The summed E-state index contributed by atoms with van der Waals surface area (Å²) in [6, 6.07) is 6.04. The van der Waals surface area contributed by atoms with E-state index in [-0.39, 0.29) is 0 Å². The van der Waals surface area contributed by atoms with Gasteiger partial charge in [-0.1, -0.05) is 0 Å². The predicted molar refractivity (Wildman–Crippen MR) is 70.7 cm³/mol. The SMILES string of the molecule is Nc1ncnc2nc(-c3ccc4c(c3)CCO4)[nH]c12. The van der Waals surface area contributed by atoms with E-state index in [1.54, 1.807) is 0 Å². The Balaban J connectivity index is 1.88. The molecule has 3 heterocycles. The number of benzene rings is 1. The number of nitrogen functional groups attached to an aromatic ring is 1. The highest BCUT2D eigenvalue weighted by Crippen LogP contribution is 2.30. The molecule has 6 heteroatoms. The Labute approximate surface area is 108 Å². The zero-order valence-corrected chi connectivity index (χ0v) is 10.1. The van der Waals surface area contributed by atoms with E-state index in [0.717, 1.165) is 30.2 Å². The molecule has 0 spiro atoms. The van der Waals surface area contributed by atoms with Crippen LogP contribution >= 0.6 is 0 Å². The van der Waals surface area contributed by atoms with Gasteiger partial charge in [-0.2, -0.15) is 0 Å². The fraction of sp³-hybridized carbons (Fsp3) is 0.154. The molecular weight excluding hydrogens is 242 g/mol. The van der Waals surface area contributed by atoms with Crippen molar-refractivity contribution in [1.82, 2.24) is 19.9 Å². The Morgan fingerprint density at radius 3 is 3.11 bits per heavy atom. The van der Waals surface area contributed by atoms with Gasteiger partial charge >= 0.3 is 0 Å². The van der Waals surface area contributed by atoms with Crippen LogP contribution in [0.2, 0.25) is 0 Å². The molecule has 1 aliphatic rings. The molecule has 0 amide bonds. The first kappa shape index (κ1) is 10.3. The van der Waals surface area contributed by atoms with Crippen molar-refractivity contribution in [3.8, 4) is 17.1 Å². The van der Waals surface area contributed by atoms with Crippen LogP contribution in [0.15, 0.2) is 24.5 Å². The Morgan fingerprint density at radius 2 is 2.21 bits per heavy atom. The van der Waals surface area contributed by atoms with Gasteiger partial charge in [0.2, 0.25) is 0 Å². The molecule has 4 rings (SSSR count). The third-order valence-electron chi connectivity index (χ3n) is 3.28. The summed E-state index contributed by atoms with van der Waals surface area (Å²) in [4.78, 5) is 15.7. The Hall–Kier alpha value is -2.63. The predicted octanol–water partition coefficient (Wildman–Crippen LogP) is 1.54. The number of aromatic nitrogens is 4. The summed E-state index contributed by atoms with van der Waals surface area (Å²) >= 11 is 0. The quantitative estimate of drug-likeness (QED) is 0.686. The van der Waals surface area contributed by atoms with Gasteiger partial charge in [0, 0.05) is 12.0 Å². The molecule has 3 N–H and O–H groups in total. The summed E-state index contributed by atoms with van der Waals surface area (Å²) in [7, 11) is 0. The van der Waals surface area contributed by atoms with E-state index in [0.29, 0.717) is 17.0 Å². The van der Waals surface area contributed by atoms with Gasteiger partial charge in [0.1, 0.15) is 23.4 Å². The Bertz CT molecular complexity index is 780. The standard InChI is InChI=1S/C13H11N5O/c14-11-10-13(16-6-15-11)18-12(17-10)8-1-2-9-7(5-8)3-4-19-9/h1-2,5-6H,3-4H2,(H3,14,15,16,17,18). The first-order valence-electron chi connectivity index (χ1n) is 6.03. The second kappa shape index (κ2) is 3.68. The van der Waals surface area contributed by atoms with E-state index in [4.69, 9.17) is 10.5 Å². The smallest absolute Gasteiger partial charge is 0.183 e. The lowest BCUT2D eigenvalue weighted by Crippen LogP contribution is -1.91. The number of anilines is 1. The number of imidazole rings is 1. The second-order valence-electron chi connectivity index (χ2n) is 4.46. The highest BCUT2D eigenvalue weighted by Gasteiger charge is 2.15. The molecule has 0 unspecified atom stereocenters. The molecule has 94 valence electrons. The number of hydrogen-bond acceptors (Lipinski definition) is 5. The summed E-state index contributed by atoms with van der Waals surface area (Å²) in [6.07, 6.45) is 2.35. The fourth-order valence-electron chi connectivity index (χ4n) is 2.32. The minimum atomic E-state index is 0.410. The summed E-state index contributed by atoms with van der Waals surface area (Å²) in [5, 5.41) is 0. The van der Waals surface area contributed by atoms with E-state index < -0.39 is 0 Å². The lowest BCUT2D eigenvalue weighted by molar-refractivity contribution is 0.357. The molecule has 1 aliphatic heterocycles. The van der Waals surface area contributed by atoms with Gasteiger partial charge in [-0.25, -0.2) is 15.0 Å². The third-order valence-corrected chi connectivity index (χ3v) is 3.28. The van der Waals surface area contributed by atoms with Crippen molar-refractivity contribution in [3.05, 3.63) is 30.1 Å². The number of hydrogen-bond donors (Lipinski definition) is 2. The number of H-pyrrole nitrogens is 1. The zero-order chi connectivity index (χ0) is 12.8. The average Bonchev–Trinajstić information content (AvgIpc) is 3.04. The molecule has 3 aromatic rings. The van der Waals surface area contributed by atoms with Crippen molar-refractivity contribution < 1.29 is 4.74 Å². The maximum atomic E-state index is 5.80. The highest BCUT2D eigenvalue weighted by molar-refractivity contribution is 5.84. The average molecular weight is 253 g/mol. The molecule has 0 bridgehead atoms. The summed E-state index contributed by atoms with van der Waals surface area (Å²) < 4.78 is 5.49. The van der Waals surface area contributed by atoms with Crippen LogP contribution in [-0.4, -0.2) is 26.5 Å². The number of nitrogens with two attached hydrogens (primary N) is 1. The molecule has 0 atom stereocenters. The minimum Gasteiger partial charge on any atom is -0.493 e. The topological polar surface area (TPSA) is 89.7 Å². The molecule has 6 nitrogen and oxygen atoms in total. The number of nitrogens with zero attached hydrogens (tertiary/aromatic N) is 3. The molecular formula is C13H11N5O. The number of rotatable bonds is 1. The molecule has 1 aromatic carbocycles. The minimum absolute atomic E-state index is 0.410. The fourth-order valence-corrected chi connectivity index (χ4v) is 2.32. The van der Waals surface area contributed by atoms with Gasteiger partial charge in [0.05, 0.1) is 6.61 Å². The van der Waals surface area contributed by atoms with Crippen molar-refractivity contribution in [1.29, 1.82) is 0 Å². The van der Waals surface area contributed by atoms with E-state index in [2.05, 4.69) is 26.0 Å². The molecule has 2 aromatic heterocycles. The maximum Gasteiger partial charge on any atom is 0.183 e. The van der Waals surface area contributed by atoms with Crippen molar-refractivity contribution in [3.63, 3.8) is 0 Å². The van der Waals surface area contributed by atoms with Gasteiger partial charge in [0.25, 0.3) is 0 Å². The lowest BCUT2D eigenvalue weighted by atomic mass is 10.1. The molecule has 0 saturated carbocycles. The van der Waals surface area contributed by atoms with E-state index >= 15 is 0 Å². The van der Waals surface area contributed by atoms with Crippen molar-refractivity contribution in [2.24, 2.45) is 0 Å². The Morgan fingerprint density at radius 1 is 1.26 bits per heavy atom. The van der Waals surface area contributed by atoms with Crippen LogP contribution in [0.5, 0.6) is 5.75 Å². The summed E-state index contributed by atoms with van der Waals surface area (Å²) in [5.41, 5.74) is 9.26. The van der Waals surface area contributed by atoms with Crippen LogP contribution in [0.4, 0.5) is 5.82 Å². The van der Waals surface area contributed by atoms with Crippen molar-refractivity contribution in [2.45, 2.75) is 6.42 Å². The van der Waals surface area contributed by atoms with Crippen LogP contribution in [0.3, 0.4) is 0 Å². The van der Waals surface area contributed by atoms with Crippen molar-refractivity contribution in [2.75, 3.05) is 12.3 Å². The van der Waals surface area contributed by atoms with Gasteiger partial charge in [-0.15, -0.1) is 0 Å². The number of aromatic amines is 1. The van der Waals surface area contributed by atoms with Crippen LogP contribution in [0.25, 0.3) is 22.6 Å². The molecule has 0 saturated heterocycles. The molecule has 0 aliphatic carbocycles. The Kier molecular flexibility index (Phi) is 2.00. The van der Waals surface area contributed by atoms with Gasteiger partial charge in [0.15, 0.2) is 11.5 Å². The molecule has 0 fully saturated rings. The van der Waals surface area contributed by atoms with Crippen LogP contribution in [0.1, 0.15) is 5.56 Å². The highest BCUT2D eigenvalue weighted by atomic mass is 16.5. The lowest BCUT2D eigenvalue weighted by Gasteiger charge is -2.00. The largest absolute Gasteiger partial charge is 0.493 e. The number of nitrogens with one attached hydrogen (secondary N) is 1. The maximum absolute atomic E-state index is 5.80. The zero-order valence-electron chi connectivity index (χ0n) is 10.1. The molecule has 0 radical (unpaired) electrons. The first-order valence-corrected chi connectivity index (χ1v) is 6.03. The van der Waals surface area contributed by atoms with Gasteiger partial charge in [-0.3, -0.25) is 0 Å². The van der Waals surface area contributed by atoms with E-state index in [9.17, 15) is 0 Å². The van der Waals surface area contributed by atoms with Crippen molar-refractivity contribution >= 4 is 17.0 Å². The number of ether oxygens (including phenoxy) is 1. The van der Waals surface area contributed by atoms with E-state index in [1.165, 1.54) is 11.9 Å². The van der Waals surface area contributed by atoms with Crippen LogP contribution in [-0.2, 0) is 6.42 Å². The second-order valence-corrected chi connectivity index (χ2v) is 4.46. The number of fused-ring (bicyclic) bond motifs is 2. The van der Waals surface area contributed by atoms with Crippen LogP contribution < -0.4 is 10.5 Å². The van der Waals surface area contributed by atoms with Gasteiger partial charge < -0.3 is 15.5 Å². The molecule has 19 heavy (non-hydrogen) atoms. The first-order chi connectivity index (χ1) is 9.31. The normalized spacial score (nSPS) is 13.5. The summed E-state index contributed by atoms with van der Waals surface area (Å²) in [6.45, 7) is 0.747. The third kappa shape index (κ3) is 1.53. The van der Waals surface area contributed by atoms with Gasteiger partial charge in [-0.05, 0) is 23.8 Å².